The number of carboxylic acids is 1. The molecule has 0 amide bonds. The summed E-state index contributed by atoms with van der Waals surface area (Å²) in [7, 11) is 0. The van der Waals surface area contributed by atoms with Crippen molar-refractivity contribution in [3.63, 3.8) is 0 Å². The Morgan fingerprint density at radius 1 is 1.39 bits per heavy atom. The largest absolute Gasteiger partial charge is 0.478 e. The number of hydrogen-bond acceptors (Lipinski definition) is 2. The lowest BCUT2D eigenvalue weighted by molar-refractivity contribution is 0.0699. The smallest absolute Gasteiger partial charge is 0.336 e. The molecule has 1 aromatic carbocycles. The molecule has 0 atom stereocenters. The predicted octanol–water partition coefficient (Wildman–Crippen LogP) is 3.61. The van der Waals surface area contributed by atoms with Crippen LogP contribution in [-0.4, -0.2) is 21.4 Å². The van der Waals surface area contributed by atoms with Crippen LogP contribution in [0.25, 0.3) is 10.9 Å². The van der Waals surface area contributed by atoms with E-state index in [1.165, 1.54) is 5.69 Å². The molecule has 3 nitrogen and oxygen atoms in total. The molecule has 0 radical (unpaired) electrons. The van der Waals surface area contributed by atoms with Crippen LogP contribution in [0.15, 0.2) is 24.3 Å². The molecule has 0 aliphatic heterocycles. The van der Waals surface area contributed by atoms with Crippen LogP contribution < -0.4 is 0 Å². The summed E-state index contributed by atoms with van der Waals surface area (Å²) in [5.41, 5.74) is 2.61. The van der Waals surface area contributed by atoms with Gasteiger partial charge in [-0.3, -0.25) is 0 Å². The second-order valence-corrected chi connectivity index (χ2v) is 5.33. The molecule has 4 heteroatoms. The van der Waals surface area contributed by atoms with Crippen molar-refractivity contribution in [2.24, 2.45) is 0 Å². The minimum absolute atomic E-state index is 0.391. The van der Waals surface area contributed by atoms with E-state index in [9.17, 15) is 9.90 Å². The van der Waals surface area contributed by atoms with E-state index >= 15 is 0 Å². The van der Waals surface area contributed by atoms with Gasteiger partial charge in [0.25, 0.3) is 0 Å². The first-order valence-corrected chi connectivity index (χ1v) is 7.26. The van der Waals surface area contributed by atoms with E-state index < -0.39 is 5.97 Å². The Bertz CT molecular complexity index is 574. The fourth-order valence-corrected chi connectivity index (χ4v) is 2.88. The lowest BCUT2D eigenvalue weighted by Crippen LogP contribution is -2.00. The second-order valence-electron chi connectivity index (χ2n) is 4.06. The van der Waals surface area contributed by atoms with Gasteiger partial charge >= 0.3 is 5.97 Å². The minimum atomic E-state index is -0.858. The summed E-state index contributed by atoms with van der Waals surface area (Å²) in [5.74, 6) is 1.14. The van der Waals surface area contributed by atoms with Gasteiger partial charge in [-0.15, -0.1) is 0 Å². The van der Waals surface area contributed by atoms with Crippen molar-refractivity contribution in [1.29, 1.82) is 0 Å². The second kappa shape index (κ2) is 5.48. The Morgan fingerprint density at radius 3 is 2.78 bits per heavy atom. The zero-order valence-electron chi connectivity index (χ0n) is 10.6. The van der Waals surface area contributed by atoms with Crippen molar-refractivity contribution in [3.05, 3.63) is 35.5 Å². The normalized spacial score (nSPS) is 11.0. The highest BCUT2D eigenvalue weighted by molar-refractivity contribution is 7.98. The molecule has 96 valence electrons. The summed E-state index contributed by atoms with van der Waals surface area (Å²) >= 11 is 1.85. The molecule has 2 aromatic rings. The van der Waals surface area contributed by atoms with Crippen molar-refractivity contribution in [3.8, 4) is 0 Å². The van der Waals surface area contributed by atoms with E-state index in [0.717, 1.165) is 29.0 Å². The highest BCUT2D eigenvalue weighted by Gasteiger charge is 2.13. The van der Waals surface area contributed by atoms with Gasteiger partial charge in [0.05, 0.1) is 5.56 Å². The lowest BCUT2D eigenvalue weighted by Gasteiger charge is -2.07. The molecule has 1 N–H and O–H groups in total. The number of aromatic carboxylic acids is 1. The van der Waals surface area contributed by atoms with Crippen LogP contribution in [0.3, 0.4) is 0 Å². The van der Waals surface area contributed by atoms with E-state index in [4.69, 9.17) is 0 Å². The Labute approximate surface area is 111 Å². The van der Waals surface area contributed by atoms with Gasteiger partial charge in [-0.25, -0.2) is 4.79 Å². The van der Waals surface area contributed by atoms with Crippen LogP contribution in [-0.2, 0) is 12.3 Å². The van der Waals surface area contributed by atoms with Crippen LogP contribution in [0.4, 0.5) is 0 Å². The number of aryl methyl sites for hydroxylation is 1. The molecule has 0 bridgehead atoms. The van der Waals surface area contributed by atoms with Crippen molar-refractivity contribution in [2.45, 2.75) is 26.1 Å². The number of aromatic nitrogens is 1. The highest BCUT2D eigenvalue weighted by atomic mass is 32.2. The Kier molecular flexibility index (Phi) is 3.97. The molecule has 18 heavy (non-hydrogen) atoms. The summed E-state index contributed by atoms with van der Waals surface area (Å²) < 4.78 is 2.20. The average molecular weight is 263 g/mol. The van der Waals surface area contributed by atoms with E-state index in [-0.39, 0.29) is 0 Å². The molecule has 0 aliphatic carbocycles. The van der Waals surface area contributed by atoms with E-state index in [1.807, 2.05) is 30.0 Å². The summed E-state index contributed by atoms with van der Waals surface area (Å²) in [6.07, 6.45) is 0. The van der Waals surface area contributed by atoms with Gasteiger partial charge in [0.2, 0.25) is 0 Å². The molecule has 1 heterocycles. The number of fused-ring (bicyclic) bond motifs is 1. The SMILES string of the molecule is CCSCc1cc2c(C(=O)O)cccc2n1CC. The van der Waals surface area contributed by atoms with Crippen molar-refractivity contribution in [1.82, 2.24) is 4.57 Å². The van der Waals surface area contributed by atoms with Gasteiger partial charge in [-0.1, -0.05) is 13.0 Å². The Balaban J connectivity index is 2.60. The third-order valence-corrected chi connectivity index (χ3v) is 3.94. The fourth-order valence-electron chi connectivity index (χ4n) is 2.23. The monoisotopic (exact) mass is 263 g/mol. The first-order chi connectivity index (χ1) is 8.69. The van der Waals surface area contributed by atoms with E-state index in [1.54, 1.807) is 6.07 Å². The molecule has 0 saturated carbocycles. The zero-order valence-corrected chi connectivity index (χ0v) is 11.5. The molecular formula is C14H17NO2S. The summed E-state index contributed by atoms with van der Waals surface area (Å²) in [6, 6.07) is 7.49. The van der Waals surface area contributed by atoms with Crippen molar-refractivity contribution in [2.75, 3.05) is 5.75 Å². The molecule has 0 saturated heterocycles. The number of thioether (sulfide) groups is 1. The lowest BCUT2D eigenvalue weighted by atomic mass is 10.1. The molecular weight excluding hydrogens is 246 g/mol. The summed E-state index contributed by atoms with van der Waals surface area (Å²) in [5, 5.41) is 10.1. The first-order valence-electron chi connectivity index (χ1n) is 6.11. The topological polar surface area (TPSA) is 42.2 Å². The van der Waals surface area contributed by atoms with Gasteiger partial charge in [-0.2, -0.15) is 11.8 Å². The predicted molar refractivity (Wildman–Crippen MR) is 76.4 cm³/mol. The first kappa shape index (κ1) is 13.0. The maximum atomic E-state index is 11.2. The maximum absolute atomic E-state index is 11.2. The van der Waals surface area contributed by atoms with Gasteiger partial charge in [0.15, 0.2) is 0 Å². The third kappa shape index (κ3) is 2.25. The average Bonchev–Trinajstić information content (AvgIpc) is 2.73. The standard InChI is InChI=1S/C14H17NO2S/c1-3-15-10(9-18-4-2)8-12-11(14(16)17)6-5-7-13(12)15/h5-8H,3-4,9H2,1-2H3,(H,16,17). The van der Waals surface area contributed by atoms with Gasteiger partial charge < -0.3 is 9.67 Å². The number of rotatable bonds is 5. The van der Waals surface area contributed by atoms with Crippen LogP contribution in [0.1, 0.15) is 29.9 Å². The molecule has 2 rings (SSSR count). The Morgan fingerprint density at radius 2 is 2.17 bits per heavy atom. The molecule has 0 fully saturated rings. The van der Waals surface area contributed by atoms with Crippen LogP contribution in [0.5, 0.6) is 0 Å². The third-order valence-electron chi connectivity index (χ3n) is 3.03. The molecule has 0 unspecified atom stereocenters. The van der Waals surface area contributed by atoms with Gasteiger partial charge in [0.1, 0.15) is 0 Å². The summed E-state index contributed by atoms with van der Waals surface area (Å²) in [6.45, 7) is 5.09. The number of hydrogen-bond donors (Lipinski definition) is 1. The van der Waals surface area contributed by atoms with E-state index in [2.05, 4.69) is 18.4 Å². The van der Waals surface area contributed by atoms with Crippen molar-refractivity contribution < 1.29 is 9.90 Å². The number of carbonyl (C=O) groups is 1. The number of benzene rings is 1. The highest BCUT2D eigenvalue weighted by Crippen LogP contribution is 2.26. The number of nitrogens with zero attached hydrogens (tertiary/aromatic N) is 1. The summed E-state index contributed by atoms with van der Waals surface area (Å²) in [4.78, 5) is 11.2. The fraction of sp³-hybridized carbons (Fsp3) is 0.357. The van der Waals surface area contributed by atoms with Gasteiger partial charge in [-0.05, 0) is 30.9 Å². The van der Waals surface area contributed by atoms with Gasteiger partial charge in [0, 0.05) is 28.9 Å². The molecule has 1 aromatic heterocycles. The molecule has 0 spiro atoms. The van der Waals surface area contributed by atoms with Crippen LogP contribution in [0, 0.1) is 0 Å². The van der Waals surface area contributed by atoms with Crippen molar-refractivity contribution >= 4 is 28.6 Å². The maximum Gasteiger partial charge on any atom is 0.336 e. The Hall–Kier alpha value is -1.42. The molecule has 0 aliphatic rings. The zero-order chi connectivity index (χ0) is 13.1. The quantitative estimate of drug-likeness (QED) is 0.896. The minimum Gasteiger partial charge on any atom is -0.478 e. The number of carboxylic acid groups (broad SMARTS) is 1. The van der Waals surface area contributed by atoms with E-state index in [0.29, 0.717) is 5.56 Å². The van der Waals surface area contributed by atoms with Crippen LogP contribution in [0.2, 0.25) is 0 Å². The van der Waals surface area contributed by atoms with Crippen LogP contribution >= 0.6 is 11.8 Å².